The van der Waals surface area contributed by atoms with Crippen LogP contribution in [0, 0.1) is 27.4 Å². The van der Waals surface area contributed by atoms with Gasteiger partial charge in [0.1, 0.15) is 22.0 Å². The van der Waals surface area contributed by atoms with Gasteiger partial charge in [-0.25, -0.2) is 23.1 Å². The van der Waals surface area contributed by atoms with Crippen LogP contribution < -0.4 is 19.7 Å². The number of halogens is 3. The summed E-state index contributed by atoms with van der Waals surface area (Å²) in [5.74, 6) is -0.848. The summed E-state index contributed by atoms with van der Waals surface area (Å²) in [5, 5.41) is 15.6. The van der Waals surface area contributed by atoms with E-state index in [0.717, 1.165) is 71.0 Å². The molecular formula is C49H57F3N8O6S. The molecule has 9 rings (SSSR count). The van der Waals surface area contributed by atoms with Gasteiger partial charge in [0.15, 0.2) is 5.69 Å². The molecule has 2 saturated heterocycles. The number of sulfonamides is 1. The molecule has 0 unspecified atom stereocenters. The van der Waals surface area contributed by atoms with Gasteiger partial charge in [-0.2, -0.15) is 13.2 Å². The summed E-state index contributed by atoms with van der Waals surface area (Å²) in [4.78, 5) is 39.4. The molecule has 1 atom stereocenters. The van der Waals surface area contributed by atoms with Crippen molar-refractivity contribution in [2.24, 2.45) is 17.3 Å². The first-order valence-electron chi connectivity index (χ1n) is 23.4. The average Bonchev–Trinajstić information content (AvgIpc) is 3.97. The number of H-pyrrole nitrogens is 1. The van der Waals surface area contributed by atoms with Crippen LogP contribution in [0.1, 0.15) is 124 Å². The number of rotatable bonds is 13. The number of alkyl halides is 3. The first kappa shape index (κ1) is 46.4. The minimum atomic E-state index is -5.42. The molecule has 67 heavy (non-hydrogen) atoms. The molecule has 0 bridgehead atoms. The van der Waals surface area contributed by atoms with Crippen molar-refractivity contribution >= 4 is 44.2 Å². The zero-order valence-corrected chi connectivity index (χ0v) is 38.8. The number of aromatic nitrogens is 3. The van der Waals surface area contributed by atoms with Gasteiger partial charge in [-0.05, 0) is 116 Å². The number of carbonyl (C=O) groups excluding carboxylic acids is 1. The number of carbonyl (C=O) groups is 1. The van der Waals surface area contributed by atoms with Gasteiger partial charge < -0.3 is 19.9 Å². The van der Waals surface area contributed by atoms with E-state index in [4.69, 9.17) is 4.74 Å². The largest absolute Gasteiger partial charge is 0.455 e. The molecule has 18 heteroatoms. The number of anilines is 2. The van der Waals surface area contributed by atoms with Crippen molar-refractivity contribution in [1.82, 2.24) is 24.6 Å². The average molecular weight is 943 g/mol. The van der Waals surface area contributed by atoms with Gasteiger partial charge in [-0.3, -0.25) is 19.8 Å². The first-order chi connectivity index (χ1) is 32.0. The van der Waals surface area contributed by atoms with Crippen LogP contribution in [-0.4, -0.2) is 71.3 Å². The number of aromatic amines is 1. The minimum absolute atomic E-state index is 0.0483. The second kappa shape index (κ2) is 18.4. The first-order valence-corrected chi connectivity index (χ1v) is 24.9. The number of nitro groups is 1. The van der Waals surface area contributed by atoms with Crippen molar-refractivity contribution in [3.63, 3.8) is 0 Å². The summed E-state index contributed by atoms with van der Waals surface area (Å²) in [7, 11) is -5.42. The highest BCUT2D eigenvalue weighted by atomic mass is 32.2. The highest BCUT2D eigenvalue weighted by Gasteiger charge is 2.50. The van der Waals surface area contributed by atoms with Gasteiger partial charge >= 0.3 is 11.9 Å². The van der Waals surface area contributed by atoms with E-state index < -0.39 is 49.1 Å². The Labute approximate surface area is 388 Å². The van der Waals surface area contributed by atoms with Crippen molar-refractivity contribution in [1.29, 1.82) is 0 Å². The SMILES string of the molecule is CC1CCC(CNc2nc(C(F)(F)F)c(S(=O)(=O)NC(=O)c3ccc(N4CCC5(CC4)CC(N4CCC[C@H]4c4ccccc4C(C)C)C5)cc3Oc3cnc4[nH]ccc4c3)cc2[N+](=O)[O-])CC1. The number of hydrogen-bond donors (Lipinski definition) is 3. The van der Waals surface area contributed by atoms with Crippen LogP contribution in [0.25, 0.3) is 11.0 Å². The second-order valence-electron chi connectivity index (χ2n) is 19.5. The predicted molar refractivity (Wildman–Crippen MR) is 249 cm³/mol. The fourth-order valence-corrected chi connectivity index (χ4v) is 12.1. The van der Waals surface area contributed by atoms with Crippen LogP contribution in [0.3, 0.4) is 0 Å². The third kappa shape index (κ3) is 9.69. The molecule has 4 aliphatic rings. The Morgan fingerprint density at radius 1 is 1.01 bits per heavy atom. The number of fused-ring (bicyclic) bond motifs is 1. The topological polar surface area (TPSA) is 176 Å². The number of ether oxygens (including phenoxy) is 1. The van der Waals surface area contributed by atoms with Crippen molar-refractivity contribution in [2.75, 3.05) is 36.4 Å². The Kier molecular flexibility index (Phi) is 12.7. The maximum absolute atomic E-state index is 14.6. The normalized spacial score (nSPS) is 21.4. The molecule has 4 fully saturated rings. The lowest BCUT2D eigenvalue weighted by atomic mass is 9.59. The molecule has 2 saturated carbocycles. The van der Waals surface area contributed by atoms with Gasteiger partial charge in [-0.15, -0.1) is 0 Å². The van der Waals surface area contributed by atoms with Crippen LogP contribution in [-0.2, 0) is 16.2 Å². The molecule has 356 valence electrons. The molecule has 1 spiro atoms. The number of likely N-dealkylation sites (tertiary alicyclic amines) is 1. The summed E-state index contributed by atoms with van der Waals surface area (Å²) in [6.45, 7) is 9.32. The summed E-state index contributed by atoms with van der Waals surface area (Å²) < 4.78 is 79.5. The third-order valence-electron chi connectivity index (χ3n) is 14.7. The Morgan fingerprint density at radius 3 is 2.48 bits per heavy atom. The Bertz CT molecular complexity index is 2760. The Hall–Kier alpha value is -5.75. The number of amides is 1. The van der Waals surface area contributed by atoms with Gasteiger partial charge in [0.25, 0.3) is 15.9 Å². The van der Waals surface area contributed by atoms with Gasteiger partial charge in [-0.1, -0.05) is 57.9 Å². The molecule has 2 aromatic carbocycles. The molecule has 14 nitrogen and oxygen atoms in total. The van der Waals surface area contributed by atoms with E-state index in [-0.39, 0.29) is 34.9 Å². The number of hydrogen-bond acceptors (Lipinski definition) is 11. The van der Waals surface area contributed by atoms with Crippen molar-refractivity contribution < 1.29 is 36.0 Å². The zero-order chi connectivity index (χ0) is 47.3. The van der Waals surface area contributed by atoms with Crippen LogP contribution in [0.2, 0.25) is 0 Å². The van der Waals surface area contributed by atoms with Crippen LogP contribution in [0.15, 0.2) is 78.0 Å². The third-order valence-corrected chi connectivity index (χ3v) is 16.1. The monoisotopic (exact) mass is 942 g/mol. The maximum atomic E-state index is 14.6. The molecule has 2 aliphatic carbocycles. The fourth-order valence-electron chi connectivity index (χ4n) is 11.0. The van der Waals surface area contributed by atoms with Crippen LogP contribution in [0.4, 0.5) is 30.4 Å². The molecule has 5 aromatic rings. The lowest BCUT2D eigenvalue weighted by Crippen LogP contribution is -2.54. The second-order valence-corrected chi connectivity index (χ2v) is 21.1. The molecule has 3 N–H and O–H groups in total. The van der Waals surface area contributed by atoms with Crippen molar-refractivity contribution in [2.45, 2.75) is 114 Å². The summed E-state index contributed by atoms with van der Waals surface area (Å²) in [5.41, 5.74) is 1.23. The molecule has 0 radical (unpaired) electrons. The van der Waals surface area contributed by atoms with Crippen molar-refractivity contribution in [3.05, 3.63) is 106 Å². The standard InChI is InChI=1S/C49H57F3N8O6S/c1-30(2)37-7-4-5-8-38(37)40-9-6-20-59(40)35-26-48(27-35)17-21-58(22-18-48)34-14-15-39(42(24-34)66-36-23-33-16-19-53-45(33)55-29-36)47(61)57-67(64,65)43-25-41(60(62)63)46(56-44(43)49(50,51)52)54-28-32-12-10-31(3)11-13-32/h4-5,7-8,14-16,19,23-25,29-32,35,40H,6,9-13,17-18,20-22,26-28H2,1-3H3,(H,53,55)(H,54,56)(H,57,61)/t31?,32?,40-/m0/s1. The molecule has 2 aliphatic heterocycles. The van der Waals surface area contributed by atoms with E-state index in [9.17, 15) is 36.5 Å². The number of nitrogens with one attached hydrogen (secondary N) is 3. The smallest absolute Gasteiger partial charge is 0.434 e. The highest BCUT2D eigenvalue weighted by Crippen LogP contribution is 2.54. The molecule has 5 heterocycles. The lowest BCUT2D eigenvalue weighted by Gasteiger charge is -2.56. The zero-order valence-electron chi connectivity index (χ0n) is 37.9. The summed E-state index contributed by atoms with van der Waals surface area (Å²) in [6.07, 6.45) is 7.70. The van der Waals surface area contributed by atoms with E-state index in [1.54, 1.807) is 35.2 Å². The van der Waals surface area contributed by atoms with E-state index in [2.05, 4.69) is 75.1 Å². The van der Waals surface area contributed by atoms with E-state index >= 15 is 0 Å². The predicted octanol–water partition coefficient (Wildman–Crippen LogP) is 10.7. The van der Waals surface area contributed by atoms with E-state index in [1.165, 1.54) is 36.2 Å². The Morgan fingerprint density at radius 2 is 1.76 bits per heavy atom. The number of benzene rings is 2. The lowest BCUT2D eigenvalue weighted by molar-refractivity contribution is -0.384. The maximum Gasteiger partial charge on any atom is 0.434 e. The number of nitrogens with zero attached hydrogens (tertiary/aromatic N) is 5. The van der Waals surface area contributed by atoms with Crippen molar-refractivity contribution in [3.8, 4) is 11.5 Å². The van der Waals surface area contributed by atoms with Crippen LogP contribution >= 0.6 is 0 Å². The molecular weight excluding hydrogens is 886 g/mol. The fraction of sp³-hybridized carbons (Fsp3) is 0.490. The van der Waals surface area contributed by atoms with E-state index in [1.807, 2.05) is 0 Å². The van der Waals surface area contributed by atoms with E-state index in [0.29, 0.717) is 46.7 Å². The number of piperidine rings is 1. The summed E-state index contributed by atoms with van der Waals surface area (Å²) >= 11 is 0. The quantitative estimate of drug-likeness (QED) is 0.0756. The van der Waals surface area contributed by atoms with Gasteiger partial charge in [0.2, 0.25) is 5.82 Å². The number of pyridine rings is 2. The highest BCUT2D eigenvalue weighted by molar-refractivity contribution is 7.90. The van der Waals surface area contributed by atoms with Crippen LogP contribution in [0.5, 0.6) is 11.5 Å². The Balaban J connectivity index is 0.940. The van der Waals surface area contributed by atoms with Gasteiger partial charge in [0, 0.05) is 61.1 Å². The minimum Gasteiger partial charge on any atom is -0.455 e. The van der Waals surface area contributed by atoms with Gasteiger partial charge in [0.05, 0.1) is 16.7 Å². The molecule has 3 aromatic heterocycles. The molecule has 1 amide bonds. The summed E-state index contributed by atoms with van der Waals surface area (Å²) in [6, 6.07) is 18.2.